The highest BCUT2D eigenvalue weighted by Gasteiger charge is 2.32. The summed E-state index contributed by atoms with van der Waals surface area (Å²) in [6.07, 6.45) is 3.51. The first-order chi connectivity index (χ1) is 11.9. The maximum Gasteiger partial charge on any atom is 0.0909 e. The molecule has 2 fully saturated rings. The van der Waals surface area contributed by atoms with Crippen LogP contribution in [0.4, 0.5) is 0 Å². The lowest BCUT2D eigenvalue weighted by atomic mass is 9.58. The minimum Gasteiger partial charge on any atom is -0.380 e. The Morgan fingerprint density at radius 3 is 2.60 bits per heavy atom. The Balaban J connectivity index is 1.75. The van der Waals surface area contributed by atoms with Crippen LogP contribution in [-0.4, -0.2) is 69.9 Å². The number of likely N-dealkylation sites (tertiary alicyclic amines) is 2. The molecular formula is C19H27B2N3O. The van der Waals surface area contributed by atoms with E-state index in [-0.39, 0.29) is 6.10 Å². The second kappa shape index (κ2) is 7.55. The predicted molar refractivity (Wildman–Crippen MR) is 103 cm³/mol. The van der Waals surface area contributed by atoms with Gasteiger partial charge in [-0.1, -0.05) is 19.6 Å². The molecule has 3 heterocycles. The van der Waals surface area contributed by atoms with Gasteiger partial charge in [0.15, 0.2) is 0 Å². The number of rotatable bonds is 5. The number of methoxy groups -OCH3 is 1. The van der Waals surface area contributed by atoms with Gasteiger partial charge in [0, 0.05) is 25.9 Å². The van der Waals surface area contributed by atoms with E-state index >= 15 is 0 Å². The van der Waals surface area contributed by atoms with Gasteiger partial charge >= 0.3 is 0 Å². The maximum atomic E-state index is 6.50. The average molecular weight is 335 g/mol. The van der Waals surface area contributed by atoms with Crippen molar-refractivity contribution in [3.05, 3.63) is 36.2 Å². The summed E-state index contributed by atoms with van der Waals surface area (Å²) in [5.74, 6) is 0.731. The summed E-state index contributed by atoms with van der Waals surface area (Å²) < 4.78 is 5.44. The smallest absolute Gasteiger partial charge is 0.0909 e. The summed E-state index contributed by atoms with van der Waals surface area (Å²) in [5, 5.41) is -1.05. The quantitative estimate of drug-likeness (QED) is 0.769. The third-order valence-electron chi connectivity index (χ3n) is 5.62. The van der Waals surface area contributed by atoms with Crippen molar-refractivity contribution in [1.82, 2.24) is 14.8 Å². The van der Waals surface area contributed by atoms with Gasteiger partial charge in [0.25, 0.3) is 0 Å². The predicted octanol–water partition coefficient (Wildman–Crippen LogP) is 1.95. The monoisotopic (exact) mass is 335 g/mol. The first-order valence-corrected chi connectivity index (χ1v) is 9.19. The van der Waals surface area contributed by atoms with E-state index in [1.54, 1.807) is 7.11 Å². The zero-order valence-electron chi connectivity index (χ0n) is 15.4. The van der Waals surface area contributed by atoms with Crippen LogP contribution in [0.5, 0.6) is 0 Å². The minimum atomic E-state index is -1.05. The van der Waals surface area contributed by atoms with Crippen LogP contribution in [0.1, 0.15) is 37.6 Å². The summed E-state index contributed by atoms with van der Waals surface area (Å²) >= 11 is 0. The highest BCUT2D eigenvalue weighted by Crippen LogP contribution is 2.28. The zero-order chi connectivity index (χ0) is 18.0. The van der Waals surface area contributed by atoms with E-state index in [1.165, 1.54) is 0 Å². The molecule has 130 valence electrons. The number of aromatic nitrogens is 1. The van der Waals surface area contributed by atoms with Gasteiger partial charge < -0.3 is 14.5 Å². The van der Waals surface area contributed by atoms with Crippen LogP contribution in [0.3, 0.4) is 0 Å². The molecule has 1 unspecified atom stereocenters. The van der Waals surface area contributed by atoms with E-state index in [9.17, 15) is 0 Å². The minimum absolute atomic E-state index is 0.262. The molecule has 4 nitrogen and oxygen atoms in total. The molecule has 2 aliphatic heterocycles. The van der Waals surface area contributed by atoms with Gasteiger partial charge in [-0.25, -0.2) is 0 Å². The van der Waals surface area contributed by atoms with E-state index < -0.39 is 5.34 Å². The van der Waals surface area contributed by atoms with Crippen molar-refractivity contribution in [3.8, 4) is 0 Å². The molecule has 0 aromatic carbocycles. The zero-order valence-corrected chi connectivity index (χ0v) is 15.4. The molecule has 3 rings (SSSR count). The molecule has 1 aromatic heterocycles. The molecule has 2 saturated heterocycles. The number of pyridine rings is 1. The molecule has 4 radical (unpaired) electrons. The van der Waals surface area contributed by atoms with Gasteiger partial charge in [-0.15, -0.1) is 0 Å². The van der Waals surface area contributed by atoms with Crippen molar-refractivity contribution in [1.29, 1.82) is 0 Å². The average Bonchev–Trinajstić information content (AvgIpc) is 3.11. The second-order valence-corrected chi connectivity index (χ2v) is 7.44. The number of piperidine rings is 1. The van der Waals surface area contributed by atoms with E-state index in [2.05, 4.69) is 23.3 Å². The van der Waals surface area contributed by atoms with Crippen molar-refractivity contribution in [3.63, 3.8) is 0 Å². The van der Waals surface area contributed by atoms with E-state index in [0.717, 1.165) is 62.8 Å². The molecule has 0 amide bonds. The third kappa shape index (κ3) is 3.95. The maximum absolute atomic E-state index is 6.50. The summed E-state index contributed by atoms with van der Waals surface area (Å²) in [6.45, 7) is 10.1. The van der Waals surface area contributed by atoms with Crippen molar-refractivity contribution in [2.24, 2.45) is 5.92 Å². The number of ether oxygens (including phenoxy) is 1. The Labute approximate surface area is 154 Å². The van der Waals surface area contributed by atoms with E-state index in [1.807, 2.05) is 18.2 Å². The Kier molecular flexibility index (Phi) is 5.59. The molecule has 0 bridgehead atoms. The molecule has 2 aliphatic rings. The molecular weight excluding hydrogens is 308 g/mol. The fraction of sp³-hybridized carbons (Fsp3) is 0.632. The number of nitrogens with zero attached hydrogens (tertiary/aromatic N) is 3. The normalized spacial score (nSPS) is 23.1. The molecule has 1 atom stereocenters. The van der Waals surface area contributed by atoms with Crippen LogP contribution in [0.25, 0.3) is 5.70 Å². The summed E-state index contributed by atoms with van der Waals surface area (Å²) in [6, 6.07) is 5.85. The van der Waals surface area contributed by atoms with Crippen LogP contribution < -0.4 is 0 Å². The Morgan fingerprint density at radius 1 is 1.24 bits per heavy atom. The van der Waals surface area contributed by atoms with Crippen LogP contribution in [0.15, 0.2) is 24.8 Å². The molecule has 6 heteroatoms. The Hall–Kier alpha value is -1.26. The standard InChI is InChI=1S/C19H27B2N3O/c1-14-7-11-24(12-8-14)19(20,21)18-6-4-5-17(22-18)15(2)23-10-9-16(13-23)25-3/h4-6,14,16H,2,7-13H2,1,3H3. The van der Waals surface area contributed by atoms with Crippen molar-refractivity contribution >= 4 is 21.4 Å². The molecule has 1 aromatic rings. The van der Waals surface area contributed by atoms with Gasteiger partial charge in [-0.2, -0.15) is 0 Å². The second-order valence-electron chi connectivity index (χ2n) is 7.44. The largest absolute Gasteiger partial charge is 0.380 e. The van der Waals surface area contributed by atoms with E-state index in [4.69, 9.17) is 25.4 Å². The Morgan fingerprint density at radius 2 is 1.96 bits per heavy atom. The first kappa shape index (κ1) is 18.5. The fourth-order valence-electron chi connectivity index (χ4n) is 3.69. The highest BCUT2D eigenvalue weighted by molar-refractivity contribution is 6.39. The molecule has 0 N–H and O–H groups in total. The van der Waals surface area contributed by atoms with Gasteiger partial charge in [-0.3, -0.25) is 4.98 Å². The SMILES string of the molecule is [B]C([B])(c1cccc(C(=C)N2CCC(OC)C2)n1)N1CCC(C)CC1. The van der Waals surface area contributed by atoms with Crippen molar-refractivity contribution in [2.45, 2.75) is 37.6 Å². The summed E-state index contributed by atoms with van der Waals surface area (Å²) in [4.78, 5) is 9.12. The first-order valence-electron chi connectivity index (χ1n) is 9.19. The van der Waals surface area contributed by atoms with Gasteiger partial charge in [0.05, 0.1) is 33.2 Å². The topological polar surface area (TPSA) is 28.6 Å². The molecule has 0 spiro atoms. The fourth-order valence-corrected chi connectivity index (χ4v) is 3.69. The number of hydrogen-bond donors (Lipinski definition) is 0. The van der Waals surface area contributed by atoms with Crippen molar-refractivity contribution in [2.75, 3.05) is 33.3 Å². The van der Waals surface area contributed by atoms with Crippen LogP contribution in [-0.2, 0) is 10.1 Å². The molecule has 0 saturated carbocycles. The van der Waals surface area contributed by atoms with Crippen LogP contribution >= 0.6 is 0 Å². The van der Waals surface area contributed by atoms with E-state index in [0.29, 0.717) is 5.69 Å². The lowest BCUT2D eigenvalue weighted by Crippen LogP contribution is -2.51. The van der Waals surface area contributed by atoms with Gasteiger partial charge in [-0.05, 0) is 55.7 Å². The summed E-state index contributed by atoms with van der Waals surface area (Å²) in [5.41, 5.74) is 2.44. The lowest BCUT2D eigenvalue weighted by molar-refractivity contribution is 0.113. The van der Waals surface area contributed by atoms with Gasteiger partial charge in [0.2, 0.25) is 0 Å². The van der Waals surface area contributed by atoms with Crippen LogP contribution in [0, 0.1) is 5.92 Å². The van der Waals surface area contributed by atoms with Crippen molar-refractivity contribution < 1.29 is 4.74 Å². The van der Waals surface area contributed by atoms with Crippen LogP contribution in [0.2, 0.25) is 0 Å². The third-order valence-corrected chi connectivity index (χ3v) is 5.62. The number of hydrogen-bond acceptors (Lipinski definition) is 4. The van der Waals surface area contributed by atoms with Gasteiger partial charge in [0.1, 0.15) is 0 Å². The summed E-state index contributed by atoms with van der Waals surface area (Å²) in [7, 11) is 14.8. The highest BCUT2D eigenvalue weighted by atomic mass is 16.5. The Bertz CT molecular complexity index is 614. The lowest BCUT2D eigenvalue weighted by Gasteiger charge is -2.43. The molecule has 0 aliphatic carbocycles. The molecule has 25 heavy (non-hydrogen) atoms.